The van der Waals surface area contributed by atoms with Crippen LogP contribution >= 0.6 is 0 Å². The van der Waals surface area contributed by atoms with Gasteiger partial charge in [-0.3, -0.25) is 14.5 Å². The van der Waals surface area contributed by atoms with Crippen molar-refractivity contribution in [1.29, 1.82) is 0 Å². The third-order valence-corrected chi connectivity index (χ3v) is 4.54. The van der Waals surface area contributed by atoms with E-state index in [0.717, 1.165) is 17.7 Å². The van der Waals surface area contributed by atoms with Gasteiger partial charge in [0.1, 0.15) is 17.8 Å². The molecule has 0 unspecified atom stereocenters. The quantitative estimate of drug-likeness (QED) is 0.760. The second-order valence-electron chi connectivity index (χ2n) is 6.76. The van der Waals surface area contributed by atoms with Gasteiger partial charge in [0.05, 0.1) is 0 Å². The van der Waals surface area contributed by atoms with Crippen molar-refractivity contribution in [1.82, 2.24) is 15.4 Å². The summed E-state index contributed by atoms with van der Waals surface area (Å²) < 4.78 is 4.87. The number of rotatable bonds is 6. The van der Waals surface area contributed by atoms with E-state index in [4.69, 9.17) is 4.52 Å². The van der Waals surface area contributed by atoms with Gasteiger partial charge in [-0.1, -0.05) is 42.8 Å². The molecule has 0 aliphatic carbocycles. The van der Waals surface area contributed by atoms with Gasteiger partial charge in [0.2, 0.25) is 5.91 Å². The van der Waals surface area contributed by atoms with Gasteiger partial charge in [0.15, 0.2) is 5.82 Å². The van der Waals surface area contributed by atoms with Crippen molar-refractivity contribution in [3.05, 3.63) is 47.2 Å². The van der Waals surface area contributed by atoms with Crippen LogP contribution in [0.3, 0.4) is 0 Å². The van der Waals surface area contributed by atoms with Crippen LogP contribution in [-0.4, -0.2) is 34.4 Å². The molecule has 1 saturated heterocycles. The maximum atomic E-state index is 12.9. The maximum Gasteiger partial charge on any atom is 0.325 e. The lowest BCUT2D eigenvalue weighted by molar-refractivity contribution is -0.133. The van der Waals surface area contributed by atoms with Crippen LogP contribution in [0.15, 0.2) is 34.9 Å². The number of anilines is 1. The summed E-state index contributed by atoms with van der Waals surface area (Å²) in [5, 5.41) is 8.85. The Labute approximate surface area is 156 Å². The van der Waals surface area contributed by atoms with E-state index in [1.165, 1.54) is 5.56 Å². The first-order valence-electron chi connectivity index (χ1n) is 8.80. The minimum Gasteiger partial charge on any atom is -0.360 e. The fourth-order valence-corrected chi connectivity index (χ4v) is 3.08. The Kier molecular flexibility index (Phi) is 4.98. The lowest BCUT2D eigenvalue weighted by Crippen LogP contribution is -2.42. The highest BCUT2D eigenvalue weighted by Gasteiger charge is 2.49. The monoisotopic (exact) mass is 370 g/mol. The van der Waals surface area contributed by atoms with Crippen molar-refractivity contribution < 1.29 is 18.9 Å². The molecule has 2 aromatic rings. The molecule has 0 bridgehead atoms. The fraction of sp³-hybridized carbons (Fsp3) is 0.368. The Morgan fingerprint density at radius 1 is 1.30 bits per heavy atom. The molecule has 0 radical (unpaired) electrons. The molecular formula is C19H22N4O4. The molecule has 1 atom stereocenters. The van der Waals surface area contributed by atoms with Gasteiger partial charge in [0, 0.05) is 6.07 Å². The van der Waals surface area contributed by atoms with E-state index in [9.17, 15) is 14.4 Å². The number of carbonyl (C=O) groups excluding carboxylic acids is 3. The van der Waals surface area contributed by atoms with Crippen molar-refractivity contribution in [2.24, 2.45) is 0 Å². The van der Waals surface area contributed by atoms with Crippen molar-refractivity contribution in [2.45, 2.75) is 39.2 Å². The minimum atomic E-state index is -1.20. The number of hydrogen-bond donors (Lipinski definition) is 2. The second kappa shape index (κ2) is 7.22. The van der Waals surface area contributed by atoms with E-state index in [1.807, 2.05) is 24.3 Å². The minimum absolute atomic E-state index is 0.235. The normalized spacial score (nSPS) is 19.3. The first-order valence-corrected chi connectivity index (χ1v) is 8.80. The molecule has 2 N–H and O–H groups in total. The number of nitrogens with zero attached hydrogens (tertiary/aromatic N) is 2. The highest BCUT2D eigenvalue weighted by molar-refractivity contribution is 6.10. The van der Waals surface area contributed by atoms with E-state index in [1.54, 1.807) is 19.9 Å². The van der Waals surface area contributed by atoms with Crippen LogP contribution < -0.4 is 10.6 Å². The van der Waals surface area contributed by atoms with Crippen molar-refractivity contribution >= 4 is 23.7 Å². The molecule has 27 heavy (non-hydrogen) atoms. The van der Waals surface area contributed by atoms with Gasteiger partial charge in [-0.05, 0) is 31.4 Å². The molecule has 1 fully saturated rings. The Balaban J connectivity index is 1.72. The Morgan fingerprint density at radius 3 is 2.59 bits per heavy atom. The predicted molar refractivity (Wildman–Crippen MR) is 97.9 cm³/mol. The highest BCUT2D eigenvalue weighted by Crippen LogP contribution is 2.29. The summed E-state index contributed by atoms with van der Waals surface area (Å²) in [7, 11) is 0. The van der Waals surface area contributed by atoms with Gasteiger partial charge < -0.3 is 15.2 Å². The fourth-order valence-electron chi connectivity index (χ4n) is 3.08. The number of nitrogens with one attached hydrogen (secondary N) is 2. The van der Waals surface area contributed by atoms with Gasteiger partial charge in [-0.2, -0.15) is 0 Å². The van der Waals surface area contributed by atoms with Crippen LogP contribution in [0.5, 0.6) is 0 Å². The Bertz CT molecular complexity index is 874. The van der Waals surface area contributed by atoms with Gasteiger partial charge >= 0.3 is 6.03 Å². The van der Waals surface area contributed by atoms with E-state index < -0.39 is 29.9 Å². The number of imide groups is 1. The Hall–Kier alpha value is -3.16. The predicted octanol–water partition coefficient (Wildman–Crippen LogP) is 2.34. The van der Waals surface area contributed by atoms with Crippen LogP contribution in [0.2, 0.25) is 0 Å². The summed E-state index contributed by atoms with van der Waals surface area (Å²) in [6.45, 7) is 5.03. The molecule has 142 valence electrons. The molecule has 8 nitrogen and oxygen atoms in total. The number of carbonyl (C=O) groups is 3. The van der Waals surface area contributed by atoms with Crippen LogP contribution in [0.1, 0.15) is 37.2 Å². The number of urea groups is 1. The molecule has 2 heterocycles. The summed E-state index contributed by atoms with van der Waals surface area (Å²) in [6, 6.07) is 8.52. The van der Waals surface area contributed by atoms with Crippen molar-refractivity contribution in [2.75, 3.05) is 11.9 Å². The maximum absolute atomic E-state index is 12.9. The Morgan fingerprint density at radius 2 is 2.00 bits per heavy atom. The number of benzene rings is 1. The molecule has 1 aromatic carbocycles. The molecule has 8 heteroatoms. The van der Waals surface area contributed by atoms with Crippen molar-refractivity contribution in [3.8, 4) is 0 Å². The van der Waals surface area contributed by atoms with Crippen LogP contribution in [0, 0.1) is 6.92 Å². The second-order valence-corrected chi connectivity index (χ2v) is 6.76. The number of aryl methyl sites for hydroxylation is 2. The number of hydrogen-bond acceptors (Lipinski definition) is 5. The first-order chi connectivity index (χ1) is 12.8. The smallest absolute Gasteiger partial charge is 0.325 e. The summed E-state index contributed by atoms with van der Waals surface area (Å²) in [4.78, 5) is 38.3. The van der Waals surface area contributed by atoms with Gasteiger partial charge in [-0.15, -0.1) is 0 Å². The van der Waals surface area contributed by atoms with E-state index >= 15 is 0 Å². The lowest BCUT2D eigenvalue weighted by Gasteiger charge is -2.22. The molecule has 4 amide bonds. The molecule has 3 rings (SSSR count). The van der Waals surface area contributed by atoms with Gasteiger partial charge in [-0.25, -0.2) is 4.79 Å². The summed E-state index contributed by atoms with van der Waals surface area (Å²) in [6.07, 6.45) is 1.98. The summed E-state index contributed by atoms with van der Waals surface area (Å²) >= 11 is 0. The number of aromatic nitrogens is 1. The largest absolute Gasteiger partial charge is 0.360 e. The average molecular weight is 370 g/mol. The summed E-state index contributed by atoms with van der Waals surface area (Å²) in [5.41, 5.74) is 0.642. The zero-order valence-electron chi connectivity index (χ0n) is 15.5. The van der Waals surface area contributed by atoms with Crippen molar-refractivity contribution in [3.63, 3.8) is 0 Å². The first kappa shape index (κ1) is 18.6. The third-order valence-electron chi connectivity index (χ3n) is 4.54. The lowest BCUT2D eigenvalue weighted by atomic mass is 9.91. The van der Waals surface area contributed by atoms with E-state index in [0.29, 0.717) is 11.3 Å². The molecule has 0 spiro atoms. The molecule has 1 aliphatic rings. The standard InChI is InChI=1S/C19H22N4O4/c1-4-5-13-6-8-14(9-7-13)19(3)17(25)23(18(26)21-19)11-16(24)20-15-10-12(2)27-22-15/h6-10H,4-5,11H2,1-3H3,(H,21,26)(H,20,22,24)/t19-/m1/s1. The summed E-state index contributed by atoms with van der Waals surface area (Å²) in [5.74, 6) is -0.227. The van der Waals surface area contributed by atoms with Crippen LogP contribution in [0.4, 0.5) is 10.6 Å². The van der Waals surface area contributed by atoms with Crippen LogP contribution in [0.25, 0.3) is 0 Å². The van der Waals surface area contributed by atoms with Crippen LogP contribution in [-0.2, 0) is 21.5 Å². The topological polar surface area (TPSA) is 105 Å². The number of amides is 4. The zero-order chi connectivity index (χ0) is 19.6. The molecule has 1 aromatic heterocycles. The molecule has 0 saturated carbocycles. The SMILES string of the molecule is CCCc1ccc([C@@]2(C)NC(=O)N(CC(=O)Nc3cc(C)on3)C2=O)cc1. The zero-order valence-corrected chi connectivity index (χ0v) is 15.5. The molecule has 1 aliphatic heterocycles. The van der Waals surface area contributed by atoms with E-state index in [2.05, 4.69) is 22.7 Å². The van der Waals surface area contributed by atoms with Gasteiger partial charge in [0.25, 0.3) is 5.91 Å². The van der Waals surface area contributed by atoms with E-state index in [-0.39, 0.29) is 5.82 Å². The highest BCUT2D eigenvalue weighted by atomic mass is 16.5. The third kappa shape index (κ3) is 3.69. The average Bonchev–Trinajstić information content (AvgIpc) is 3.12. The molecular weight excluding hydrogens is 348 g/mol.